The number of hydrogen-bond donors (Lipinski definition) is 2. The Hall–Kier alpha value is -1.89. The predicted molar refractivity (Wildman–Crippen MR) is 161 cm³/mol. The quantitative estimate of drug-likeness (QED) is 0.0517. The van der Waals surface area contributed by atoms with Gasteiger partial charge in [0.15, 0.2) is 0 Å². The Morgan fingerprint density at radius 2 is 0.875 bits per heavy atom. The van der Waals surface area contributed by atoms with E-state index in [0.717, 1.165) is 56.3 Å². The van der Waals surface area contributed by atoms with Crippen LogP contribution in [0.25, 0.3) is 0 Å². The standard InChI is InChI=1S/C33H61NO6/c1-2-3-4-5-6-7-8-9-10-11-12-13-14-15-16-20-27-34(28-21-17-24-31(35)36,29-22-18-25-32(37)38)30-23-19-26-33(39)40/h6-7H,2-5,8-30H2,1H3,(H2-,35,36,37,38,39,40)/b7-6+. The lowest BCUT2D eigenvalue weighted by molar-refractivity contribution is -0.929. The summed E-state index contributed by atoms with van der Waals surface area (Å²) in [6, 6.07) is 0. The lowest BCUT2D eigenvalue weighted by Crippen LogP contribution is -2.51. The molecule has 0 aliphatic heterocycles. The third-order valence-electron chi connectivity index (χ3n) is 7.95. The first kappa shape index (κ1) is 38.1. The van der Waals surface area contributed by atoms with Gasteiger partial charge in [0.1, 0.15) is 0 Å². The van der Waals surface area contributed by atoms with Crippen molar-refractivity contribution in [1.82, 2.24) is 0 Å². The van der Waals surface area contributed by atoms with E-state index < -0.39 is 17.9 Å². The summed E-state index contributed by atoms with van der Waals surface area (Å²) in [4.78, 5) is 32.9. The van der Waals surface area contributed by atoms with Gasteiger partial charge in [-0.3, -0.25) is 9.59 Å². The normalized spacial score (nSPS) is 11.8. The monoisotopic (exact) mass is 567 g/mol. The summed E-state index contributed by atoms with van der Waals surface area (Å²) in [5, 5.41) is 28.9. The zero-order valence-corrected chi connectivity index (χ0v) is 25.7. The van der Waals surface area contributed by atoms with Crippen LogP contribution in [0.3, 0.4) is 0 Å². The van der Waals surface area contributed by atoms with Crippen molar-refractivity contribution in [2.45, 2.75) is 155 Å². The van der Waals surface area contributed by atoms with Crippen LogP contribution in [0.1, 0.15) is 155 Å². The molecule has 234 valence electrons. The first-order chi connectivity index (χ1) is 19.3. The van der Waals surface area contributed by atoms with Crippen LogP contribution in [0.2, 0.25) is 0 Å². The van der Waals surface area contributed by atoms with Crippen molar-refractivity contribution in [3.63, 3.8) is 0 Å². The first-order valence-electron chi connectivity index (χ1n) is 16.4. The number of aliphatic carboxylic acids is 3. The van der Waals surface area contributed by atoms with Crippen LogP contribution in [-0.2, 0) is 14.4 Å². The minimum absolute atomic E-state index is 0.0633. The maximum absolute atomic E-state index is 11.0. The number of carboxylic acids is 3. The van der Waals surface area contributed by atoms with Gasteiger partial charge in [-0.1, -0.05) is 70.4 Å². The third-order valence-corrected chi connectivity index (χ3v) is 7.95. The molecule has 40 heavy (non-hydrogen) atoms. The van der Waals surface area contributed by atoms with E-state index in [-0.39, 0.29) is 19.3 Å². The minimum atomic E-state index is -1.02. The van der Waals surface area contributed by atoms with Gasteiger partial charge in [0.2, 0.25) is 0 Å². The third kappa shape index (κ3) is 26.3. The Bertz CT molecular complexity index is 608. The average Bonchev–Trinajstić information content (AvgIpc) is 2.91. The highest BCUT2D eigenvalue weighted by Crippen LogP contribution is 2.19. The van der Waals surface area contributed by atoms with Crippen LogP contribution in [0, 0.1) is 0 Å². The lowest BCUT2D eigenvalue weighted by Gasteiger charge is -2.39. The molecule has 0 amide bonds. The molecule has 0 aliphatic carbocycles. The van der Waals surface area contributed by atoms with Crippen molar-refractivity contribution in [2.75, 3.05) is 26.2 Å². The Morgan fingerprint density at radius 1 is 0.525 bits per heavy atom. The van der Waals surface area contributed by atoms with Gasteiger partial charge in [-0.25, -0.2) is 0 Å². The molecule has 0 atom stereocenters. The van der Waals surface area contributed by atoms with E-state index in [2.05, 4.69) is 19.1 Å². The number of rotatable bonds is 31. The fourth-order valence-electron chi connectivity index (χ4n) is 5.53. The SMILES string of the molecule is CCCCC/C=C/CCCCCCCCCCC[N+](CCCCC(=O)[O-])(CCCCC(=O)O)CCCCC(=O)O. The number of nitrogens with zero attached hydrogens (tertiary/aromatic N) is 1. The summed E-state index contributed by atoms with van der Waals surface area (Å²) in [5.74, 6) is -2.57. The molecule has 0 spiro atoms. The molecule has 7 nitrogen and oxygen atoms in total. The molecule has 0 radical (unpaired) electrons. The van der Waals surface area contributed by atoms with Crippen molar-refractivity contribution in [1.29, 1.82) is 0 Å². The molecule has 0 aliphatic rings. The van der Waals surface area contributed by atoms with Crippen LogP contribution in [0.5, 0.6) is 0 Å². The number of carbonyl (C=O) groups is 3. The van der Waals surface area contributed by atoms with E-state index in [1.54, 1.807) is 0 Å². The molecule has 2 N–H and O–H groups in total. The molecule has 0 unspecified atom stereocenters. The minimum Gasteiger partial charge on any atom is -0.550 e. The summed E-state index contributed by atoms with van der Waals surface area (Å²) < 4.78 is 0.847. The van der Waals surface area contributed by atoms with E-state index in [1.165, 1.54) is 83.5 Å². The van der Waals surface area contributed by atoms with E-state index >= 15 is 0 Å². The Balaban J connectivity index is 4.44. The fourth-order valence-corrected chi connectivity index (χ4v) is 5.53. The van der Waals surface area contributed by atoms with Crippen LogP contribution < -0.4 is 5.11 Å². The van der Waals surface area contributed by atoms with E-state index in [1.807, 2.05) is 0 Å². The maximum atomic E-state index is 11.0. The number of carbonyl (C=O) groups excluding carboxylic acids is 1. The lowest BCUT2D eigenvalue weighted by atomic mass is 10.0. The smallest absolute Gasteiger partial charge is 0.303 e. The molecule has 0 rings (SSSR count). The second-order valence-corrected chi connectivity index (χ2v) is 11.7. The predicted octanol–water partition coefficient (Wildman–Crippen LogP) is 7.27. The van der Waals surface area contributed by atoms with E-state index in [9.17, 15) is 19.5 Å². The Kier molecular flexibility index (Phi) is 26.0. The maximum Gasteiger partial charge on any atom is 0.303 e. The number of allylic oxidation sites excluding steroid dienone is 2. The number of quaternary nitrogens is 1. The first-order valence-corrected chi connectivity index (χ1v) is 16.4. The second kappa shape index (κ2) is 27.3. The van der Waals surface area contributed by atoms with E-state index in [4.69, 9.17) is 10.2 Å². The molecular formula is C33H61NO6. The van der Waals surface area contributed by atoms with Crippen LogP contribution in [0.4, 0.5) is 0 Å². The van der Waals surface area contributed by atoms with Crippen LogP contribution in [-0.4, -0.2) is 58.8 Å². The highest BCUT2D eigenvalue weighted by molar-refractivity contribution is 5.66. The number of hydrogen-bond acceptors (Lipinski definition) is 4. The van der Waals surface area contributed by atoms with E-state index in [0.29, 0.717) is 19.3 Å². The Labute approximate surface area is 245 Å². The fraction of sp³-hybridized carbons (Fsp3) is 0.848. The van der Waals surface area contributed by atoms with Crippen molar-refractivity contribution >= 4 is 17.9 Å². The molecule has 7 heteroatoms. The average molecular weight is 568 g/mol. The molecule has 0 saturated carbocycles. The molecule has 0 saturated heterocycles. The molecular weight excluding hydrogens is 506 g/mol. The zero-order valence-electron chi connectivity index (χ0n) is 25.7. The van der Waals surface area contributed by atoms with Gasteiger partial charge < -0.3 is 24.6 Å². The summed E-state index contributed by atoms with van der Waals surface area (Å²) >= 11 is 0. The van der Waals surface area contributed by atoms with Crippen molar-refractivity contribution in [2.24, 2.45) is 0 Å². The van der Waals surface area contributed by atoms with Gasteiger partial charge in [-0.2, -0.15) is 0 Å². The molecule has 0 aromatic heterocycles. The van der Waals surface area contributed by atoms with Gasteiger partial charge in [-0.05, 0) is 83.5 Å². The summed E-state index contributed by atoms with van der Waals surface area (Å²) in [6.45, 7) is 5.85. The van der Waals surface area contributed by atoms with Gasteiger partial charge in [0, 0.05) is 18.8 Å². The number of carboxylic acid groups (broad SMARTS) is 3. The summed E-state index contributed by atoms with van der Waals surface area (Å²) in [7, 11) is 0. The second-order valence-electron chi connectivity index (χ2n) is 11.7. The molecule has 0 fully saturated rings. The zero-order chi connectivity index (χ0) is 29.7. The van der Waals surface area contributed by atoms with Gasteiger partial charge in [0.05, 0.1) is 26.2 Å². The highest BCUT2D eigenvalue weighted by atomic mass is 16.4. The summed E-state index contributed by atoms with van der Waals surface area (Å²) in [5.41, 5.74) is 0. The molecule has 0 aromatic rings. The van der Waals surface area contributed by atoms with Gasteiger partial charge >= 0.3 is 11.9 Å². The molecule has 0 bridgehead atoms. The van der Waals surface area contributed by atoms with Crippen molar-refractivity contribution < 1.29 is 34.2 Å². The largest absolute Gasteiger partial charge is 0.550 e. The molecule has 0 aromatic carbocycles. The highest BCUT2D eigenvalue weighted by Gasteiger charge is 2.26. The Morgan fingerprint density at radius 3 is 1.27 bits per heavy atom. The van der Waals surface area contributed by atoms with Gasteiger partial charge in [-0.15, -0.1) is 0 Å². The van der Waals surface area contributed by atoms with Crippen LogP contribution >= 0.6 is 0 Å². The number of unbranched alkanes of at least 4 members (excludes halogenated alkanes) is 15. The summed E-state index contributed by atoms with van der Waals surface area (Å²) in [6.07, 6.45) is 27.1. The van der Waals surface area contributed by atoms with Gasteiger partial charge in [0.25, 0.3) is 0 Å². The van der Waals surface area contributed by atoms with Crippen molar-refractivity contribution in [3.05, 3.63) is 12.2 Å². The topological polar surface area (TPSA) is 115 Å². The molecule has 0 heterocycles. The van der Waals surface area contributed by atoms with Crippen molar-refractivity contribution in [3.8, 4) is 0 Å². The van der Waals surface area contributed by atoms with Crippen LogP contribution in [0.15, 0.2) is 12.2 Å².